The van der Waals surface area contributed by atoms with Crippen molar-refractivity contribution in [1.82, 2.24) is 0 Å². The van der Waals surface area contributed by atoms with Crippen LogP contribution in [0.5, 0.6) is 0 Å². The first kappa shape index (κ1) is 9.60. The minimum absolute atomic E-state index is 0.457. The van der Waals surface area contributed by atoms with Gasteiger partial charge in [-0.2, -0.15) is 0 Å². The average Bonchev–Trinajstić information content (AvgIpc) is 2.04. The highest BCUT2D eigenvalue weighted by molar-refractivity contribution is 6.31. The molecule has 0 aromatic heterocycles. The lowest BCUT2D eigenvalue weighted by molar-refractivity contribution is 0.776. The molecule has 0 spiro atoms. The Morgan fingerprint density at radius 1 is 1.25 bits per heavy atom. The van der Waals surface area contributed by atoms with Crippen LogP contribution in [0, 0.1) is 5.92 Å². The van der Waals surface area contributed by atoms with Gasteiger partial charge in [-0.15, -0.1) is 0 Å². The number of rotatable bonds is 2. The predicted octanol–water partition coefficient (Wildman–Crippen LogP) is 4.06. The first-order valence-corrected chi connectivity index (χ1v) is 4.55. The molecule has 0 unspecified atom stereocenters. The Bertz CT molecular complexity index is 253. The van der Waals surface area contributed by atoms with E-state index in [4.69, 9.17) is 11.6 Å². The SMILES string of the molecule is C[C](C)[C@@H](C)c1ccccc1Cl. The van der Waals surface area contributed by atoms with Gasteiger partial charge in [0.15, 0.2) is 0 Å². The molecule has 0 fully saturated rings. The molecule has 12 heavy (non-hydrogen) atoms. The molecule has 0 aliphatic heterocycles. The maximum atomic E-state index is 6.05. The molecule has 0 saturated carbocycles. The van der Waals surface area contributed by atoms with E-state index in [1.165, 1.54) is 11.5 Å². The summed E-state index contributed by atoms with van der Waals surface area (Å²) in [5.74, 6) is 1.85. The summed E-state index contributed by atoms with van der Waals surface area (Å²) in [7, 11) is 0. The lowest BCUT2D eigenvalue weighted by atomic mass is 9.90. The zero-order valence-electron chi connectivity index (χ0n) is 7.76. The summed E-state index contributed by atoms with van der Waals surface area (Å²) in [6.07, 6.45) is 0. The van der Waals surface area contributed by atoms with E-state index < -0.39 is 0 Å². The first-order chi connectivity index (χ1) is 5.63. The first-order valence-electron chi connectivity index (χ1n) is 4.17. The summed E-state index contributed by atoms with van der Waals surface area (Å²) in [6, 6.07) is 8.01. The van der Waals surface area contributed by atoms with E-state index in [2.05, 4.69) is 26.8 Å². The Morgan fingerprint density at radius 3 is 2.33 bits per heavy atom. The third-order valence-corrected chi connectivity index (χ3v) is 2.58. The number of hydrogen-bond acceptors (Lipinski definition) is 0. The lowest BCUT2D eigenvalue weighted by Crippen LogP contribution is -2.00. The molecule has 0 amide bonds. The number of benzene rings is 1. The van der Waals surface area contributed by atoms with Crippen molar-refractivity contribution in [2.24, 2.45) is 0 Å². The molecule has 1 atom stereocenters. The molecule has 0 N–H and O–H groups in total. The van der Waals surface area contributed by atoms with Gasteiger partial charge in [0.2, 0.25) is 0 Å². The molecule has 0 heterocycles. The summed E-state index contributed by atoms with van der Waals surface area (Å²) < 4.78 is 0. The zero-order valence-corrected chi connectivity index (χ0v) is 8.52. The van der Waals surface area contributed by atoms with E-state index in [0.29, 0.717) is 5.92 Å². The molecule has 65 valence electrons. The zero-order chi connectivity index (χ0) is 9.14. The molecule has 1 radical (unpaired) electrons. The van der Waals surface area contributed by atoms with Crippen LogP contribution in [0.15, 0.2) is 24.3 Å². The smallest absolute Gasteiger partial charge is 0.0440 e. The van der Waals surface area contributed by atoms with Gasteiger partial charge < -0.3 is 0 Å². The fraction of sp³-hybridized carbons (Fsp3) is 0.364. The molecule has 1 heteroatoms. The minimum Gasteiger partial charge on any atom is -0.0840 e. The summed E-state index contributed by atoms with van der Waals surface area (Å²) in [4.78, 5) is 0. The van der Waals surface area contributed by atoms with Crippen molar-refractivity contribution in [3.05, 3.63) is 40.8 Å². The van der Waals surface area contributed by atoms with E-state index in [1.807, 2.05) is 18.2 Å². The van der Waals surface area contributed by atoms with Crippen LogP contribution >= 0.6 is 11.6 Å². The van der Waals surface area contributed by atoms with Gasteiger partial charge in [-0.05, 0) is 23.5 Å². The largest absolute Gasteiger partial charge is 0.0840 e. The summed E-state index contributed by atoms with van der Waals surface area (Å²) in [5.41, 5.74) is 1.22. The highest BCUT2D eigenvalue weighted by atomic mass is 35.5. The molecular weight excluding hydrogens is 168 g/mol. The molecule has 0 aliphatic carbocycles. The van der Waals surface area contributed by atoms with Crippen LogP contribution in [0.4, 0.5) is 0 Å². The van der Waals surface area contributed by atoms with E-state index in [-0.39, 0.29) is 0 Å². The third kappa shape index (κ3) is 2.01. The Morgan fingerprint density at radius 2 is 1.83 bits per heavy atom. The third-order valence-electron chi connectivity index (χ3n) is 2.24. The number of hydrogen-bond donors (Lipinski definition) is 0. The Balaban J connectivity index is 2.94. The van der Waals surface area contributed by atoms with Crippen LogP contribution < -0.4 is 0 Å². The van der Waals surface area contributed by atoms with Crippen LogP contribution in [-0.2, 0) is 0 Å². The normalized spacial score (nSPS) is 13.4. The van der Waals surface area contributed by atoms with Gasteiger partial charge in [-0.1, -0.05) is 50.6 Å². The standard InChI is InChI=1S/C11H14Cl/c1-8(2)9(3)10-6-4-5-7-11(10)12/h4-7,9H,1-3H3/t9-/m1/s1. The van der Waals surface area contributed by atoms with Crippen molar-refractivity contribution in [2.75, 3.05) is 0 Å². The van der Waals surface area contributed by atoms with Crippen molar-refractivity contribution in [3.8, 4) is 0 Å². The van der Waals surface area contributed by atoms with Crippen molar-refractivity contribution >= 4 is 11.6 Å². The number of halogens is 1. The second-order valence-electron chi connectivity index (χ2n) is 3.32. The molecule has 0 aliphatic rings. The highest BCUT2D eigenvalue weighted by Gasteiger charge is 2.12. The molecule has 1 aromatic rings. The highest BCUT2D eigenvalue weighted by Crippen LogP contribution is 2.30. The van der Waals surface area contributed by atoms with Crippen LogP contribution in [0.2, 0.25) is 5.02 Å². The lowest BCUT2D eigenvalue weighted by Gasteiger charge is -2.16. The van der Waals surface area contributed by atoms with E-state index >= 15 is 0 Å². The van der Waals surface area contributed by atoms with Gasteiger partial charge in [-0.25, -0.2) is 0 Å². The van der Waals surface area contributed by atoms with Crippen LogP contribution in [0.25, 0.3) is 0 Å². The van der Waals surface area contributed by atoms with Crippen molar-refractivity contribution in [1.29, 1.82) is 0 Å². The quantitative estimate of drug-likeness (QED) is 0.646. The fourth-order valence-corrected chi connectivity index (χ4v) is 1.44. The van der Waals surface area contributed by atoms with Gasteiger partial charge in [0, 0.05) is 5.02 Å². The van der Waals surface area contributed by atoms with Crippen LogP contribution in [0.3, 0.4) is 0 Å². The topological polar surface area (TPSA) is 0 Å². The van der Waals surface area contributed by atoms with Crippen molar-refractivity contribution in [3.63, 3.8) is 0 Å². The molecule has 0 saturated heterocycles. The maximum absolute atomic E-state index is 6.05. The predicted molar refractivity (Wildman–Crippen MR) is 54.5 cm³/mol. The summed E-state index contributed by atoms with van der Waals surface area (Å²) >= 11 is 6.05. The molecule has 1 rings (SSSR count). The van der Waals surface area contributed by atoms with Crippen molar-refractivity contribution in [2.45, 2.75) is 26.7 Å². The Hall–Kier alpha value is -0.490. The monoisotopic (exact) mass is 181 g/mol. The van der Waals surface area contributed by atoms with Gasteiger partial charge in [-0.3, -0.25) is 0 Å². The summed E-state index contributed by atoms with van der Waals surface area (Å²) in [6.45, 7) is 6.44. The second kappa shape index (κ2) is 3.95. The molecule has 0 nitrogen and oxygen atoms in total. The second-order valence-corrected chi connectivity index (χ2v) is 3.73. The minimum atomic E-state index is 0.457. The molecular formula is C11H14Cl. The van der Waals surface area contributed by atoms with Gasteiger partial charge >= 0.3 is 0 Å². The van der Waals surface area contributed by atoms with Gasteiger partial charge in [0.05, 0.1) is 0 Å². The van der Waals surface area contributed by atoms with E-state index in [1.54, 1.807) is 0 Å². The molecule has 0 bridgehead atoms. The average molecular weight is 182 g/mol. The van der Waals surface area contributed by atoms with Gasteiger partial charge in [0.1, 0.15) is 0 Å². The Labute approximate surface area is 79.6 Å². The maximum Gasteiger partial charge on any atom is 0.0440 e. The fourth-order valence-electron chi connectivity index (χ4n) is 1.14. The van der Waals surface area contributed by atoms with E-state index in [9.17, 15) is 0 Å². The van der Waals surface area contributed by atoms with Crippen molar-refractivity contribution < 1.29 is 0 Å². The molecule has 1 aromatic carbocycles. The van der Waals surface area contributed by atoms with Gasteiger partial charge in [0.25, 0.3) is 0 Å². The van der Waals surface area contributed by atoms with Crippen LogP contribution in [-0.4, -0.2) is 0 Å². The summed E-state index contributed by atoms with van der Waals surface area (Å²) in [5, 5.41) is 0.867. The van der Waals surface area contributed by atoms with E-state index in [0.717, 1.165) is 5.02 Å². The Kier molecular flexibility index (Phi) is 3.16. The van der Waals surface area contributed by atoms with Crippen LogP contribution in [0.1, 0.15) is 32.3 Å².